The van der Waals surface area contributed by atoms with Crippen LogP contribution < -0.4 is 5.73 Å². The molecule has 2 aromatic rings. The third-order valence-corrected chi connectivity index (χ3v) is 3.00. The molecular weight excluding hydrogens is 310 g/mol. The van der Waals surface area contributed by atoms with Crippen LogP contribution in [0.1, 0.15) is 40.5 Å². The lowest BCUT2D eigenvalue weighted by Gasteiger charge is -2.03. The smallest absolute Gasteiger partial charge is 0.338 e. The Bertz CT molecular complexity index is 667. The number of rotatable bonds is 5. The van der Waals surface area contributed by atoms with E-state index in [9.17, 15) is 9.59 Å². The number of hydrogen-bond donors (Lipinski definition) is 3. The van der Waals surface area contributed by atoms with Crippen LogP contribution in [0.4, 0.5) is 0 Å². The standard InChI is InChI=1S/C11H14O3.C7H7NO2/c1-2-3-8-14-11(13)9-4-6-10(12)7-5-9;8-7(10)5-3-1-2-4-6(5)9/h4-7,12H,2-3,8H2,1H3;1-4,9H,(H2,8,10). The summed E-state index contributed by atoms with van der Waals surface area (Å²) < 4.78 is 4.99. The number of carbonyl (C=O) groups is 2. The van der Waals surface area contributed by atoms with Crippen molar-refractivity contribution in [2.24, 2.45) is 5.73 Å². The Morgan fingerprint density at radius 1 is 1.04 bits per heavy atom. The summed E-state index contributed by atoms with van der Waals surface area (Å²) >= 11 is 0. The Morgan fingerprint density at radius 3 is 2.17 bits per heavy atom. The zero-order valence-electron chi connectivity index (χ0n) is 13.4. The van der Waals surface area contributed by atoms with Gasteiger partial charge in [0.05, 0.1) is 17.7 Å². The minimum Gasteiger partial charge on any atom is -0.508 e. The van der Waals surface area contributed by atoms with Crippen molar-refractivity contribution in [2.45, 2.75) is 19.8 Å². The molecule has 6 nitrogen and oxygen atoms in total. The van der Waals surface area contributed by atoms with Crippen LogP contribution in [0.15, 0.2) is 48.5 Å². The van der Waals surface area contributed by atoms with Crippen LogP contribution in [-0.2, 0) is 4.74 Å². The zero-order chi connectivity index (χ0) is 17.9. The van der Waals surface area contributed by atoms with Gasteiger partial charge in [-0.1, -0.05) is 25.5 Å². The average Bonchev–Trinajstić information content (AvgIpc) is 2.56. The minimum atomic E-state index is -0.613. The van der Waals surface area contributed by atoms with Crippen molar-refractivity contribution in [1.29, 1.82) is 0 Å². The van der Waals surface area contributed by atoms with Gasteiger partial charge in [-0.2, -0.15) is 0 Å². The molecule has 0 aliphatic carbocycles. The Labute approximate surface area is 140 Å². The number of aromatic hydroxyl groups is 2. The molecule has 0 aromatic heterocycles. The molecular formula is C18H21NO5. The molecule has 0 unspecified atom stereocenters. The van der Waals surface area contributed by atoms with Crippen molar-refractivity contribution in [3.63, 3.8) is 0 Å². The predicted molar refractivity (Wildman–Crippen MR) is 89.9 cm³/mol. The van der Waals surface area contributed by atoms with Crippen molar-refractivity contribution >= 4 is 11.9 Å². The van der Waals surface area contributed by atoms with E-state index >= 15 is 0 Å². The molecule has 0 saturated heterocycles. The molecule has 4 N–H and O–H groups in total. The van der Waals surface area contributed by atoms with E-state index in [1.54, 1.807) is 24.3 Å². The molecule has 0 radical (unpaired) electrons. The Morgan fingerprint density at radius 2 is 1.67 bits per heavy atom. The van der Waals surface area contributed by atoms with Crippen LogP contribution in [0.2, 0.25) is 0 Å². The van der Waals surface area contributed by atoms with E-state index in [0.717, 1.165) is 12.8 Å². The average molecular weight is 331 g/mol. The molecule has 0 bridgehead atoms. The van der Waals surface area contributed by atoms with Gasteiger partial charge in [0.2, 0.25) is 0 Å². The molecule has 24 heavy (non-hydrogen) atoms. The van der Waals surface area contributed by atoms with E-state index in [2.05, 4.69) is 0 Å². The maximum absolute atomic E-state index is 11.3. The highest BCUT2D eigenvalue weighted by molar-refractivity contribution is 5.95. The van der Waals surface area contributed by atoms with Gasteiger partial charge in [0.1, 0.15) is 11.5 Å². The second-order valence-electron chi connectivity index (χ2n) is 4.92. The number of benzene rings is 2. The fourth-order valence-corrected chi connectivity index (χ4v) is 1.67. The number of hydrogen-bond acceptors (Lipinski definition) is 5. The second-order valence-corrected chi connectivity index (χ2v) is 4.92. The van der Waals surface area contributed by atoms with Crippen molar-refractivity contribution in [2.75, 3.05) is 6.61 Å². The highest BCUT2D eigenvalue weighted by Crippen LogP contribution is 2.13. The number of phenolic OH excluding ortho intramolecular Hbond substituents is 1. The van der Waals surface area contributed by atoms with Crippen molar-refractivity contribution in [3.05, 3.63) is 59.7 Å². The van der Waals surface area contributed by atoms with Gasteiger partial charge >= 0.3 is 5.97 Å². The zero-order valence-corrected chi connectivity index (χ0v) is 13.4. The lowest BCUT2D eigenvalue weighted by Crippen LogP contribution is -2.10. The van der Waals surface area contributed by atoms with E-state index in [4.69, 9.17) is 20.7 Å². The molecule has 0 spiro atoms. The first-order valence-corrected chi connectivity index (χ1v) is 7.49. The molecule has 0 heterocycles. The van der Waals surface area contributed by atoms with Crippen molar-refractivity contribution in [1.82, 2.24) is 0 Å². The van der Waals surface area contributed by atoms with Crippen LogP contribution in [0.25, 0.3) is 0 Å². The van der Waals surface area contributed by atoms with Crippen LogP contribution in [-0.4, -0.2) is 28.7 Å². The number of amides is 1. The maximum Gasteiger partial charge on any atom is 0.338 e. The number of unbranched alkanes of at least 4 members (excludes halogenated alkanes) is 1. The Kier molecular flexibility index (Phi) is 7.84. The molecule has 2 aromatic carbocycles. The van der Waals surface area contributed by atoms with E-state index < -0.39 is 5.91 Å². The summed E-state index contributed by atoms with van der Waals surface area (Å²) in [5.41, 5.74) is 5.54. The largest absolute Gasteiger partial charge is 0.508 e. The maximum atomic E-state index is 11.3. The number of esters is 1. The summed E-state index contributed by atoms with van der Waals surface area (Å²) in [7, 11) is 0. The van der Waals surface area contributed by atoms with E-state index in [-0.39, 0.29) is 23.0 Å². The summed E-state index contributed by atoms with van der Waals surface area (Å²) in [6.45, 7) is 2.49. The normalized spacial score (nSPS) is 9.54. The molecule has 128 valence electrons. The van der Waals surface area contributed by atoms with Crippen LogP contribution in [0.3, 0.4) is 0 Å². The number of primary amides is 1. The summed E-state index contributed by atoms with van der Waals surface area (Å²) in [5.74, 6) is -0.873. The number of ether oxygens (including phenoxy) is 1. The molecule has 1 amide bonds. The van der Waals surface area contributed by atoms with Crippen molar-refractivity contribution < 1.29 is 24.5 Å². The van der Waals surface area contributed by atoms with Gasteiger partial charge in [-0.3, -0.25) is 4.79 Å². The quantitative estimate of drug-likeness (QED) is 0.576. The molecule has 0 aliphatic heterocycles. The number of phenols is 2. The van der Waals surface area contributed by atoms with Gasteiger partial charge in [0, 0.05) is 0 Å². The highest BCUT2D eigenvalue weighted by Gasteiger charge is 2.05. The highest BCUT2D eigenvalue weighted by atomic mass is 16.5. The van der Waals surface area contributed by atoms with Crippen LogP contribution in [0, 0.1) is 0 Å². The monoisotopic (exact) mass is 331 g/mol. The summed E-state index contributed by atoms with van der Waals surface area (Å²) in [4.78, 5) is 21.8. The number of nitrogens with two attached hydrogens (primary N) is 1. The molecule has 2 rings (SSSR count). The molecule has 0 fully saturated rings. The third kappa shape index (κ3) is 6.39. The Hall–Kier alpha value is -3.02. The Balaban J connectivity index is 0.000000254. The first-order valence-electron chi connectivity index (χ1n) is 7.49. The van der Waals surface area contributed by atoms with Crippen LogP contribution >= 0.6 is 0 Å². The summed E-state index contributed by atoms with van der Waals surface area (Å²) in [5, 5.41) is 18.0. The van der Waals surface area contributed by atoms with E-state index in [1.807, 2.05) is 6.92 Å². The van der Waals surface area contributed by atoms with Gasteiger partial charge in [-0.25, -0.2) is 4.79 Å². The van der Waals surface area contributed by atoms with E-state index in [1.165, 1.54) is 24.3 Å². The molecule has 0 saturated carbocycles. The molecule has 0 aliphatic rings. The SMILES string of the molecule is CCCCOC(=O)c1ccc(O)cc1.NC(=O)c1ccccc1O. The minimum absolute atomic E-state index is 0.0741. The second kappa shape index (κ2) is 9.89. The third-order valence-electron chi connectivity index (χ3n) is 3.00. The predicted octanol–water partition coefficient (Wildman–Crippen LogP) is 2.84. The number of carbonyl (C=O) groups excluding carboxylic acids is 2. The first-order chi connectivity index (χ1) is 11.5. The van der Waals surface area contributed by atoms with Gasteiger partial charge in [-0.05, 0) is 42.8 Å². The van der Waals surface area contributed by atoms with Gasteiger partial charge in [-0.15, -0.1) is 0 Å². The molecule has 0 atom stereocenters. The van der Waals surface area contributed by atoms with Gasteiger partial charge in [0.25, 0.3) is 5.91 Å². The van der Waals surface area contributed by atoms with Gasteiger partial charge < -0.3 is 20.7 Å². The summed E-state index contributed by atoms with van der Waals surface area (Å²) in [6.07, 6.45) is 1.88. The van der Waals surface area contributed by atoms with Gasteiger partial charge in [0.15, 0.2) is 0 Å². The lowest BCUT2D eigenvalue weighted by molar-refractivity contribution is 0.0499. The first kappa shape index (κ1) is 19.0. The van der Waals surface area contributed by atoms with Crippen molar-refractivity contribution in [3.8, 4) is 11.5 Å². The topological polar surface area (TPSA) is 110 Å². The number of para-hydroxylation sites is 1. The van der Waals surface area contributed by atoms with Crippen LogP contribution in [0.5, 0.6) is 11.5 Å². The van der Waals surface area contributed by atoms with E-state index in [0.29, 0.717) is 12.2 Å². The lowest BCUT2D eigenvalue weighted by atomic mass is 10.2. The molecule has 6 heteroatoms. The summed E-state index contributed by atoms with van der Waals surface area (Å²) in [6, 6.07) is 12.2. The fourth-order valence-electron chi connectivity index (χ4n) is 1.67. The fraction of sp³-hybridized carbons (Fsp3) is 0.222.